The average molecular weight is 372 g/mol. The summed E-state index contributed by atoms with van der Waals surface area (Å²) in [5, 5.41) is 4.04. The molecule has 0 radical (unpaired) electrons. The van der Waals surface area contributed by atoms with Gasteiger partial charge in [0.05, 0.1) is 12.8 Å². The molecule has 1 aromatic carbocycles. The normalized spacial score (nSPS) is 15.5. The van der Waals surface area contributed by atoms with Gasteiger partial charge in [0.15, 0.2) is 5.11 Å². The highest BCUT2D eigenvalue weighted by atomic mass is 32.1. The minimum Gasteiger partial charge on any atom is -0.459 e. The van der Waals surface area contributed by atoms with E-state index in [1.807, 2.05) is 12.1 Å². The zero-order chi connectivity index (χ0) is 18.5. The highest BCUT2D eigenvalue weighted by molar-refractivity contribution is 7.80. The molecule has 0 aliphatic carbocycles. The molecule has 1 aliphatic heterocycles. The summed E-state index contributed by atoms with van der Waals surface area (Å²) in [6.07, 6.45) is 1.57. The second-order valence-electron chi connectivity index (χ2n) is 6.57. The van der Waals surface area contributed by atoms with Gasteiger partial charge in [-0.25, -0.2) is 0 Å². The van der Waals surface area contributed by atoms with Crippen LogP contribution in [-0.4, -0.2) is 42.4 Å². The number of thiocarbonyl (C=S) groups is 1. The fraction of sp³-hybridized carbons (Fsp3) is 0.368. The number of aryl methyl sites for hydroxylation is 2. The molecule has 0 saturated carbocycles. The maximum absolute atomic E-state index is 5.78. The molecule has 6 nitrogen and oxygen atoms in total. The maximum Gasteiger partial charge on any atom is 0.184 e. The van der Waals surface area contributed by atoms with Gasteiger partial charge in [-0.05, 0) is 61.5 Å². The van der Waals surface area contributed by atoms with E-state index in [-0.39, 0.29) is 5.11 Å². The van der Waals surface area contributed by atoms with Crippen LogP contribution in [0.25, 0.3) is 0 Å². The molecular formula is C19H25N5OS. The van der Waals surface area contributed by atoms with E-state index in [1.54, 1.807) is 6.21 Å². The van der Waals surface area contributed by atoms with Gasteiger partial charge in [-0.1, -0.05) is 6.07 Å². The highest BCUT2D eigenvalue weighted by Gasteiger charge is 2.18. The van der Waals surface area contributed by atoms with Crippen molar-refractivity contribution in [3.63, 3.8) is 0 Å². The first-order valence-corrected chi connectivity index (χ1v) is 9.14. The lowest BCUT2D eigenvalue weighted by molar-refractivity contribution is 0.230. The van der Waals surface area contributed by atoms with Crippen molar-refractivity contribution in [3.05, 3.63) is 53.0 Å². The van der Waals surface area contributed by atoms with Gasteiger partial charge in [0.2, 0.25) is 0 Å². The van der Waals surface area contributed by atoms with Gasteiger partial charge in [-0.2, -0.15) is 5.10 Å². The molecule has 138 valence electrons. The van der Waals surface area contributed by atoms with Crippen molar-refractivity contribution in [1.82, 2.24) is 10.3 Å². The van der Waals surface area contributed by atoms with Crippen LogP contribution in [-0.2, 0) is 6.54 Å². The van der Waals surface area contributed by atoms with E-state index in [2.05, 4.69) is 52.4 Å². The van der Waals surface area contributed by atoms with Gasteiger partial charge < -0.3 is 15.1 Å². The van der Waals surface area contributed by atoms with E-state index in [1.165, 1.54) is 16.8 Å². The lowest BCUT2D eigenvalue weighted by Crippen LogP contribution is -2.45. The van der Waals surface area contributed by atoms with Crippen molar-refractivity contribution >= 4 is 29.2 Å². The smallest absolute Gasteiger partial charge is 0.184 e. The summed E-state index contributed by atoms with van der Waals surface area (Å²) in [5.41, 5.74) is 11.8. The minimum absolute atomic E-state index is 0.134. The maximum atomic E-state index is 5.78. The lowest BCUT2D eigenvalue weighted by Gasteiger charge is -2.36. The largest absolute Gasteiger partial charge is 0.459 e. The van der Waals surface area contributed by atoms with E-state index in [4.69, 9.17) is 22.4 Å². The molecule has 1 fully saturated rings. The molecule has 0 atom stereocenters. The Labute approximate surface area is 159 Å². The molecule has 0 unspecified atom stereocenters. The standard InChI is InChI=1S/C19H25N5OS/c1-14-3-4-16(11-15(14)2)24-9-7-23(8-10-24)13-18-6-5-17(25-18)12-21-22-19(20)26/h3-6,11-12H,7-10,13H2,1-2H3,(H3,20,22,26)/b21-12+. The monoisotopic (exact) mass is 371 g/mol. The number of anilines is 1. The summed E-state index contributed by atoms with van der Waals surface area (Å²) in [6.45, 7) is 9.20. The van der Waals surface area contributed by atoms with Crippen LogP contribution < -0.4 is 16.1 Å². The predicted octanol–water partition coefficient (Wildman–Crippen LogP) is 2.39. The number of rotatable bonds is 5. The number of nitrogens with two attached hydrogens (primary N) is 1. The summed E-state index contributed by atoms with van der Waals surface area (Å²) < 4.78 is 5.78. The van der Waals surface area contributed by atoms with Crippen molar-refractivity contribution in [2.24, 2.45) is 10.8 Å². The zero-order valence-corrected chi connectivity index (χ0v) is 16.1. The summed E-state index contributed by atoms with van der Waals surface area (Å²) in [6, 6.07) is 10.6. The molecular weight excluding hydrogens is 346 g/mol. The van der Waals surface area contributed by atoms with Crippen LogP contribution in [0, 0.1) is 13.8 Å². The van der Waals surface area contributed by atoms with E-state index < -0.39 is 0 Å². The van der Waals surface area contributed by atoms with Crippen molar-refractivity contribution < 1.29 is 4.42 Å². The number of nitrogens with one attached hydrogen (secondary N) is 1. The van der Waals surface area contributed by atoms with Crippen LogP contribution >= 0.6 is 12.2 Å². The molecule has 0 spiro atoms. The number of piperazine rings is 1. The van der Waals surface area contributed by atoms with Crippen molar-refractivity contribution in [3.8, 4) is 0 Å². The van der Waals surface area contributed by atoms with E-state index in [0.717, 1.165) is 38.5 Å². The second kappa shape index (κ2) is 8.33. The van der Waals surface area contributed by atoms with E-state index in [0.29, 0.717) is 5.76 Å². The fourth-order valence-corrected chi connectivity index (χ4v) is 3.07. The average Bonchev–Trinajstić information content (AvgIpc) is 3.05. The fourth-order valence-electron chi connectivity index (χ4n) is 3.02. The third-order valence-electron chi connectivity index (χ3n) is 4.66. The Bertz CT molecular complexity index is 793. The van der Waals surface area contributed by atoms with Crippen molar-refractivity contribution in [1.29, 1.82) is 0 Å². The molecule has 3 N–H and O–H groups in total. The Morgan fingerprint density at radius 2 is 1.96 bits per heavy atom. The van der Waals surface area contributed by atoms with E-state index in [9.17, 15) is 0 Å². The van der Waals surface area contributed by atoms with Crippen LogP contribution in [0.1, 0.15) is 22.6 Å². The third kappa shape index (κ3) is 4.83. The second-order valence-corrected chi connectivity index (χ2v) is 7.01. The summed E-state index contributed by atoms with van der Waals surface area (Å²) in [7, 11) is 0. The Kier molecular flexibility index (Phi) is 5.90. The van der Waals surface area contributed by atoms with Gasteiger partial charge in [0.25, 0.3) is 0 Å². The Hall–Kier alpha value is -2.38. The number of hydrogen-bond acceptors (Lipinski definition) is 5. The number of hydrazone groups is 1. The first-order chi connectivity index (χ1) is 12.5. The molecule has 7 heteroatoms. The van der Waals surface area contributed by atoms with Gasteiger partial charge in [0.1, 0.15) is 11.5 Å². The molecule has 0 amide bonds. The molecule has 3 rings (SSSR count). The summed E-state index contributed by atoms with van der Waals surface area (Å²) in [4.78, 5) is 4.86. The van der Waals surface area contributed by atoms with Crippen LogP contribution in [0.3, 0.4) is 0 Å². The van der Waals surface area contributed by atoms with Crippen LogP contribution in [0.15, 0.2) is 39.9 Å². The minimum atomic E-state index is 0.134. The SMILES string of the molecule is Cc1ccc(N2CCN(Cc3ccc(/C=N/NC(N)=S)o3)CC2)cc1C. The topological polar surface area (TPSA) is 70.0 Å². The Balaban J connectivity index is 1.51. The van der Waals surface area contributed by atoms with Gasteiger partial charge in [0, 0.05) is 31.9 Å². The predicted molar refractivity (Wildman–Crippen MR) is 110 cm³/mol. The third-order valence-corrected chi connectivity index (χ3v) is 4.75. The van der Waals surface area contributed by atoms with Gasteiger partial charge >= 0.3 is 0 Å². The Morgan fingerprint density at radius 1 is 1.19 bits per heavy atom. The van der Waals surface area contributed by atoms with Gasteiger partial charge in [-0.15, -0.1) is 0 Å². The molecule has 1 aliphatic rings. The number of furan rings is 1. The van der Waals surface area contributed by atoms with Crippen molar-refractivity contribution in [2.45, 2.75) is 20.4 Å². The van der Waals surface area contributed by atoms with Crippen molar-refractivity contribution in [2.75, 3.05) is 31.1 Å². The quantitative estimate of drug-likeness (QED) is 0.478. The molecule has 26 heavy (non-hydrogen) atoms. The van der Waals surface area contributed by atoms with E-state index >= 15 is 0 Å². The van der Waals surface area contributed by atoms with Crippen LogP contribution in [0.4, 0.5) is 5.69 Å². The van der Waals surface area contributed by atoms with Crippen LogP contribution in [0.2, 0.25) is 0 Å². The highest BCUT2D eigenvalue weighted by Crippen LogP contribution is 2.21. The molecule has 0 bridgehead atoms. The Morgan fingerprint density at radius 3 is 2.65 bits per heavy atom. The summed E-state index contributed by atoms with van der Waals surface area (Å²) in [5.74, 6) is 1.61. The molecule has 1 aromatic heterocycles. The molecule has 2 aromatic rings. The number of benzene rings is 1. The van der Waals surface area contributed by atoms with Gasteiger partial charge in [-0.3, -0.25) is 10.3 Å². The summed E-state index contributed by atoms with van der Waals surface area (Å²) >= 11 is 4.69. The number of hydrogen-bond donors (Lipinski definition) is 2. The van der Waals surface area contributed by atoms with Crippen LogP contribution in [0.5, 0.6) is 0 Å². The lowest BCUT2D eigenvalue weighted by atomic mass is 10.1. The first-order valence-electron chi connectivity index (χ1n) is 8.73. The first kappa shape index (κ1) is 18.4. The zero-order valence-electron chi connectivity index (χ0n) is 15.2. The molecule has 1 saturated heterocycles. The molecule has 2 heterocycles. The number of nitrogens with zero attached hydrogens (tertiary/aromatic N) is 3.